The van der Waals surface area contributed by atoms with Gasteiger partial charge in [0.05, 0.1) is 6.04 Å². The van der Waals surface area contributed by atoms with Gasteiger partial charge in [0.15, 0.2) is 0 Å². The molecule has 3 aliphatic heterocycles. The van der Waals surface area contributed by atoms with Crippen molar-refractivity contribution in [1.82, 2.24) is 20.0 Å². The van der Waals surface area contributed by atoms with E-state index in [-0.39, 0.29) is 30.1 Å². The van der Waals surface area contributed by atoms with E-state index in [9.17, 15) is 14.4 Å². The number of nitrogens with zero attached hydrogens (tertiary/aromatic N) is 3. The van der Waals surface area contributed by atoms with Crippen LogP contribution in [0.5, 0.6) is 0 Å². The van der Waals surface area contributed by atoms with Crippen molar-refractivity contribution in [2.75, 3.05) is 25.0 Å². The number of para-hydroxylation sites is 1. The number of carbonyl (C=O) groups is 3. The summed E-state index contributed by atoms with van der Waals surface area (Å²) in [6, 6.07) is 17.6. The Balaban J connectivity index is 1.07. The molecule has 2 atom stereocenters. The first kappa shape index (κ1) is 24.8. The van der Waals surface area contributed by atoms with E-state index in [2.05, 4.69) is 22.8 Å². The number of urea groups is 2. The smallest absolute Gasteiger partial charge is 0.322 e. The van der Waals surface area contributed by atoms with Crippen molar-refractivity contribution >= 4 is 23.7 Å². The molecule has 1 aliphatic carbocycles. The minimum atomic E-state index is -0.489. The van der Waals surface area contributed by atoms with E-state index in [4.69, 9.17) is 0 Å². The number of hydrogen-bond acceptors (Lipinski definition) is 3. The first-order chi connectivity index (χ1) is 18.6. The van der Waals surface area contributed by atoms with Gasteiger partial charge in [0, 0.05) is 37.9 Å². The first-order valence-corrected chi connectivity index (χ1v) is 14.1. The van der Waals surface area contributed by atoms with Crippen LogP contribution in [-0.2, 0) is 11.3 Å². The second kappa shape index (κ2) is 10.7. The highest BCUT2D eigenvalue weighted by molar-refractivity contribution is 5.92. The molecule has 2 aromatic rings. The number of likely N-dealkylation sites (tertiary alicyclic amines) is 2. The van der Waals surface area contributed by atoms with Crippen LogP contribution in [0.25, 0.3) is 0 Å². The minimum Gasteiger partial charge on any atom is -0.334 e. The standard InChI is InChI=1S/C30H37N5O3/c36-28-26(11-6-12-27(22-7-2-1-3-8-22)35(28)19-21-13-14-21)32-29(37)33-17-15-24(16-18-33)34-20-23-9-4-5-10-25(23)31-30(34)38/h1-5,7-10,21,24,26-27H,6,11-20H2,(H,31,38)(H,32,37)/t26-,27-/m0/s1. The monoisotopic (exact) mass is 515 g/mol. The van der Waals surface area contributed by atoms with Crippen LogP contribution in [0.1, 0.15) is 62.1 Å². The number of carbonyl (C=O) groups excluding carboxylic acids is 3. The maximum absolute atomic E-state index is 13.7. The van der Waals surface area contributed by atoms with Crippen molar-refractivity contribution in [2.24, 2.45) is 5.92 Å². The van der Waals surface area contributed by atoms with Crippen LogP contribution in [0.2, 0.25) is 0 Å². The van der Waals surface area contributed by atoms with E-state index in [0.29, 0.717) is 32.0 Å². The van der Waals surface area contributed by atoms with Gasteiger partial charge in [-0.05, 0) is 68.1 Å². The third-order valence-electron chi connectivity index (χ3n) is 8.61. The Morgan fingerprint density at radius 1 is 0.895 bits per heavy atom. The van der Waals surface area contributed by atoms with Gasteiger partial charge in [0.25, 0.3) is 0 Å². The van der Waals surface area contributed by atoms with E-state index in [1.165, 1.54) is 18.4 Å². The highest BCUT2D eigenvalue weighted by Gasteiger charge is 2.39. The first-order valence-electron chi connectivity index (χ1n) is 14.1. The Morgan fingerprint density at radius 3 is 2.39 bits per heavy atom. The van der Waals surface area contributed by atoms with Crippen molar-refractivity contribution in [3.63, 3.8) is 0 Å². The molecule has 8 nitrogen and oxygen atoms in total. The number of piperidine rings is 1. The number of nitrogens with one attached hydrogen (secondary N) is 2. The van der Waals surface area contributed by atoms with E-state index in [1.807, 2.05) is 57.2 Å². The number of amides is 5. The maximum atomic E-state index is 13.7. The minimum absolute atomic E-state index is 0.0511. The zero-order valence-corrected chi connectivity index (χ0v) is 21.9. The fraction of sp³-hybridized carbons (Fsp3) is 0.500. The van der Waals surface area contributed by atoms with Gasteiger partial charge in [-0.15, -0.1) is 0 Å². The van der Waals surface area contributed by atoms with Crippen LogP contribution in [0.4, 0.5) is 15.3 Å². The van der Waals surface area contributed by atoms with Crippen molar-refractivity contribution < 1.29 is 14.4 Å². The summed E-state index contributed by atoms with van der Waals surface area (Å²) in [6.07, 6.45) is 6.29. The third kappa shape index (κ3) is 5.22. The van der Waals surface area contributed by atoms with Gasteiger partial charge in [-0.25, -0.2) is 9.59 Å². The average molecular weight is 516 g/mol. The lowest BCUT2D eigenvalue weighted by Gasteiger charge is -2.41. The van der Waals surface area contributed by atoms with Gasteiger partial charge in [0.2, 0.25) is 5.91 Å². The molecule has 3 heterocycles. The number of fused-ring (bicyclic) bond motifs is 1. The Kier molecular flexibility index (Phi) is 6.96. The normalized spacial score (nSPS) is 24.5. The van der Waals surface area contributed by atoms with Gasteiger partial charge < -0.3 is 25.3 Å². The Morgan fingerprint density at radius 2 is 1.63 bits per heavy atom. The average Bonchev–Trinajstić information content (AvgIpc) is 3.79. The van der Waals surface area contributed by atoms with Crippen molar-refractivity contribution in [3.05, 3.63) is 65.7 Å². The lowest BCUT2D eigenvalue weighted by molar-refractivity contribution is -0.135. The summed E-state index contributed by atoms with van der Waals surface area (Å²) in [6.45, 7) is 2.51. The molecule has 200 valence electrons. The van der Waals surface area contributed by atoms with Gasteiger partial charge in [0.1, 0.15) is 6.04 Å². The summed E-state index contributed by atoms with van der Waals surface area (Å²) in [4.78, 5) is 45.5. The molecule has 1 saturated carbocycles. The molecule has 2 saturated heterocycles. The van der Waals surface area contributed by atoms with Crippen molar-refractivity contribution in [1.29, 1.82) is 0 Å². The van der Waals surface area contributed by atoms with Gasteiger partial charge in [-0.2, -0.15) is 0 Å². The highest BCUT2D eigenvalue weighted by Crippen LogP contribution is 2.37. The zero-order valence-electron chi connectivity index (χ0n) is 21.9. The summed E-state index contributed by atoms with van der Waals surface area (Å²) in [5.74, 6) is 0.632. The zero-order chi connectivity index (χ0) is 26.1. The maximum Gasteiger partial charge on any atom is 0.322 e. The summed E-state index contributed by atoms with van der Waals surface area (Å²) >= 11 is 0. The molecule has 4 aliphatic rings. The molecule has 0 unspecified atom stereocenters. The molecule has 8 heteroatoms. The van der Waals surface area contributed by atoms with E-state index >= 15 is 0 Å². The highest BCUT2D eigenvalue weighted by atomic mass is 16.2. The second-order valence-electron chi connectivity index (χ2n) is 11.2. The molecule has 0 aromatic heterocycles. The molecule has 0 bridgehead atoms. The molecular formula is C30H37N5O3. The molecule has 3 fully saturated rings. The Bertz CT molecular complexity index is 1180. The summed E-state index contributed by atoms with van der Waals surface area (Å²) in [5, 5.41) is 6.09. The SMILES string of the molecule is O=C(N[C@H]1CCC[C@@H](c2ccccc2)N(CC2CC2)C1=O)N1CCC(N2Cc3ccccc3NC2=O)CC1. The lowest BCUT2D eigenvalue weighted by Crippen LogP contribution is -2.55. The second-order valence-corrected chi connectivity index (χ2v) is 11.2. The van der Waals surface area contributed by atoms with Gasteiger partial charge >= 0.3 is 12.1 Å². The van der Waals surface area contributed by atoms with E-state index in [0.717, 1.165) is 43.5 Å². The molecule has 0 radical (unpaired) electrons. The molecule has 6 rings (SSSR count). The van der Waals surface area contributed by atoms with Crippen molar-refractivity contribution in [3.8, 4) is 0 Å². The number of benzene rings is 2. The van der Waals surface area contributed by atoms with Crippen LogP contribution >= 0.6 is 0 Å². The molecule has 38 heavy (non-hydrogen) atoms. The lowest BCUT2D eigenvalue weighted by atomic mass is 10.0. The van der Waals surface area contributed by atoms with Crippen LogP contribution in [-0.4, -0.2) is 64.4 Å². The van der Waals surface area contributed by atoms with Gasteiger partial charge in [-0.1, -0.05) is 48.5 Å². The summed E-state index contributed by atoms with van der Waals surface area (Å²) in [7, 11) is 0. The fourth-order valence-electron chi connectivity index (χ4n) is 6.24. The molecule has 5 amide bonds. The largest absolute Gasteiger partial charge is 0.334 e. The van der Waals surface area contributed by atoms with Crippen LogP contribution in [0.15, 0.2) is 54.6 Å². The summed E-state index contributed by atoms with van der Waals surface area (Å²) in [5.41, 5.74) is 3.17. The summed E-state index contributed by atoms with van der Waals surface area (Å²) < 4.78 is 0. The van der Waals surface area contributed by atoms with Gasteiger partial charge in [-0.3, -0.25) is 4.79 Å². The number of anilines is 1. The Labute approximate surface area is 224 Å². The van der Waals surface area contributed by atoms with E-state index < -0.39 is 6.04 Å². The fourth-order valence-corrected chi connectivity index (χ4v) is 6.24. The molecular weight excluding hydrogens is 478 g/mol. The molecule has 2 N–H and O–H groups in total. The number of hydrogen-bond donors (Lipinski definition) is 2. The Hall–Kier alpha value is -3.55. The molecule has 0 spiro atoms. The molecule has 2 aromatic carbocycles. The van der Waals surface area contributed by atoms with Crippen LogP contribution in [0.3, 0.4) is 0 Å². The predicted molar refractivity (Wildman–Crippen MR) is 145 cm³/mol. The van der Waals surface area contributed by atoms with E-state index in [1.54, 1.807) is 0 Å². The quantitative estimate of drug-likeness (QED) is 0.603. The number of rotatable bonds is 5. The van der Waals surface area contributed by atoms with Crippen LogP contribution in [0, 0.1) is 5.92 Å². The topological polar surface area (TPSA) is 85.0 Å². The predicted octanol–water partition coefficient (Wildman–Crippen LogP) is 4.74. The van der Waals surface area contributed by atoms with Crippen molar-refractivity contribution in [2.45, 2.75) is 69.6 Å². The third-order valence-corrected chi connectivity index (χ3v) is 8.61. The van der Waals surface area contributed by atoms with Crippen LogP contribution < -0.4 is 10.6 Å².